The second-order valence-corrected chi connectivity index (χ2v) is 11.7. The highest BCUT2D eigenvalue weighted by atomic mass is 16.3. The topological polar surface area (TPSA) is 60.1 Å². The van der Waals surface area contributed by atoms with Crippen LogP contribution in [0.2, 0.25) is 0 Å². The van der Waals surface area contributed by atoms with Crippen molar-refractivity contribution in [2.75, 3.05) is 0 Å². The zero-order valence-corrected chi connectivity index (χ0v) is 24.7. The van der Waals surface area contributed by atoms with E-state index < -0.39 is 17.6 Å². The van der Waals surface area contributed by atoms with Gasteiger partial charge in [0.25, 0.3) is 0 Å². The molecule has 5 heteroatoms. The molecule has 1 aliphatic rings. The van der Waals surface area contributed by atoms with E-state index in [0.717, 1.165) is 51.0 Å². The van der Waals surface area contributed by atoms with Gasteiger partial charge in [-0.05, 0) is 68.0 Å². The van der Waals surface area contributed by atoms with Crippen molar-refractivity contribution in [1.82, 2.24) is 14.1 Å². The lowest BCUT2D eigenvalue weighted by atomic mass is 9.76. The highest BCUT2D eigenvalue weighted by Crippen LogP contribution is 2.44. The molecule has 2 atom stereocenters. The molecule has 6 aromatic rings. The number of aromatic nitrogens is 3. The van der Waals surface area contributed by atoms with Gasteiger partial charge in [0.1, 0.15) is 11.6 Å². The standard InChI is InChI=1S/C38H35N3O2/c1-25-19-21-34-32(23-25)26(2)33-22-20-31(37(43)41(33)34)36(42)35-27(3)40(24-39-35)38(28-13-7-4-8-14-28,29-15-9-5-10-16-29)30-17-11-6-12-18-30/h4-19,21,23-24,31,36,42H,20,22H2,1-3H3. The van der Waals surface area contributed by atoms with Gasteiger partial charge >= 0.3 is 0 Å². The molecule has 2 aromatic heterocycles. The fourth-order valence-corrected chi connectivity index (χ4v) is 7.24. The van der Waals surface area contributed by atoms with Crippen LogP contribution in [-0.4, -0.2) is 25.1 Å². The minimum atomic E-state index is -1.04. The third kappa shape index (κ3) is 4.10. The summed E-state index contributed by atoms with van der Waals surface area (Å²) in [7, 11) is 0. The fourth-order valence-electron chi connectivity index (χ4n) is 7.24. The number of hydrogen-bond acceptors (Lipinski definition) is 3. The van der Waals surface area contributed by atoms with E-state index in [2.05, 4.69) is 97.3 Å². The third-order valence-corrected chi connectivity index (χ3v) is 9.37. The summed E-state index contributed by atoms with van der Waals surface area (Å²) in [6, 6.07) is 37.5. The molecule has 1 N–H and O–H groups in total. The van der Waals surface area contributed by atoms with Gasteiger partial charge in [0, 0.05) is 16.8 Å². The van der Waals surface area contributed by atoms with E-state index in [9.17, 15) is 9.90 Å². The van der Waals surface area contributed by atoms with Crippen molar-refractivity contribution in [2.45, 2.75) is 45.3 Å². The first-order valence-electron chi connectivity index (χ1n) is 15.0. The van der Waals surface area contributed by atoms with Crippen molar-refractivity contribution in [3.8, 4) is 0 Å². The second kappa shape index (κ2) is 10.5. The average molecular weight is 566 g/mol. The Kier molecular flexibility index (Phi) is 6.63. The van der Waals surface area contributed by atoms with E-state index in [1.54, 1.807) is 0 Å². The molecule has 0 aliphatic carbocycles. The third-order valence-electron chi connectivity index (χ3n) is 9.37. The summed E-state index contributed by atoms with van der Waals surface area (Å²) >= 11 is 0. The fraction of sp³-hybridized carbons (Fsp3) is 0.211. The average Bonchev–Trinajstić information content (AvgIpc) is 3.56. The summed E-state index contributed by atoms with van der Waals surface area (Å²) in [5.74, 6) is -0.657. The molecular formula is C38H35N3O2. The van der Waals surface area contributed by atoms with Crippen molar-refractivity contribution >= 4 is 16.8 Å². The maximum atomic E-state index is 14.1. The number of benzene rings is 4. The summed E-state index contributed by atoms with van der Waals surface area (Å²) < 4.78 is 4.01. The zero-order chi connectivity index (χ0) is 29.7. The first-order chi connectivity index (χ1) is 20.9. The molecule has 4 aromatic carbocycles. The zero-order valence-electron chi connectivity index (χ0n) is 24.7. The van der Waals surface area contributed by atoms with Crippen LogP contribution in [0.4, 0.5) is 0 Å². The Hall–Kier alpha value is -4.74. The Labute approximate surface area is 252 Å². The number of hydrogen-bond donors (Lipinski definition) is 1. The van der Waals surface area contributed by atoms with Crippen molar-refractivity contribution in [3.05, 3.63) is 160 Å². The maximum absolute atomic E-state index is 14.1. The molecule has 214 valence electrons. The van der Waals surface area contributed by atoms with E-state index >= 15 is 0 Å². The second-order valence-electron chi connectivity index (χ2n) is 11.7. The minimum absolute atomic E-state index is 0.0647. The van der Waals surface area contributed by atoms with Gasteiger partial charge in [-0.15, -0.1) is 0 Å². The van der Waals surface area contributed by atoms with E-state index in [0.29, 0.717) is 12.1 Å². The van der Waals surface area contributed by atoms with E-state index in [1.807, 2.05) is 48.1 Å². The lowest BCUT2D eigenvalue weighted by Crippen LogP contribution is -2.38. The predicted octanol–water partition coefficient (Wildman–Crippen LogP) is 7.54. The molecule has 0 fully saturated rings. The molecule has 7 rings (SSSR count). The molecule has 3 heterocycles. The van der Waals surface area contributed by atoms with Gasteiger partial charge in [-0.25, -0.2) is 4.98 Å². The molecule has 0 bridgehead atoms. The number of aliphatic hydroxyl groups excluding tert-OH is 1. The van der Waals surface area contributed by atoms with Crippen LogP contribution in [-0.2, 0) is 12.0 Å². The van der Waals surface area contributed by atoms with Gasteiger partial charge in [-0.3, -0.25) is 9.36 Å². The summed E-state index contributed by atoms with van der Waals surface area (Å²) in [5, 5.41) is 13.0. The van der Waals surface area contributed by atoms with Gasteiger partial charge in [0.2, 0.25) is 5.91 Å². The lowest BCUT2D eigenvalue weighted by Gasteiger charge is -2.38. The van der Waals surface area contributed by atoms with E-state index in [-0.39, 0.29) is 5.91 Å². The smallest absolute Gasteiger partial charge is 0.237 e. The van der Waals surface area contributed by atoms with Crippen LogP contribution in [0.1, 0.15) is 62.2 Å². The molecule has 5 nitrogen and oxygen atoms in total. The quantitative estimate of drug-likeness (QED) is 0.212. The van der Waals surface area contributed by atoms with Gasteiger partial charge in [-0.1, -0.05) is 103 Å². The van der Waals surface area contributed by atoms with Crippen LogP contribution >= 0.6 is 0 Å². The molecule has 0 radical (unpaired) electrons. The van der Waals surface area contributed by atoms with Crippen LogP contribution in [0, 0.1) is 26.7 Å². The Morgan fingerprint density at radius 3 is 1.93 bits per heavy atom. The van der Waals surface area contributed by atoms with E-state index in [4.69, 9.17) is 4.98 Å². The number of carbonyl (C=O) groups is 1. The number of fused-ring (bicyclic) bond motifs is 3. The minimum Gasteiger partial charge on any atom is -0.386 e. The molecule has 0 saturated carbocycles. The first kappa shape index (κ1) is 27.1. The van der Waals surface area contributed by atoms with Gasteiger partial charge < -0.3 is 9.67 Å². The number of imidazole rings is 1. The van der Waals surface area contributed by atoms with Crippen LogP contribution in [0.3, 0.4) is 0 Å². The number of carbonyl (C=O) groups excluding carboxylic acids is 1. The lowest BCUT2D eigenvalue weighted by molar-refractivity contribution is 0.0529. The number of aryl methyl sites for hydroxylation is 2. The molecule has 2 unspecified atom stereocenters. The number of nitrogens with zero attached hydrogens (tertiary/aromatic N) is 3. The summed E-state index contributed by atoms with van der Waals surface area (Å²) in [6.07, 6.45) is 2.10. The summed E-state index contributed by atoms with van der Waals surface area (Å²) in [5.41, 5.74) is 8.15. The highest BCUT2D eigenvalue weighted by molar-refractivity contribution is 5.98. The summed E-state index contributed by atoms with van der Waals surface area (Å²) in [4.78, 5) is 18.9. The summed E-state index contributed by atoms with van der Waals surface area (Å²) in [6.45, 7) is 6.18. The van der Waals surface area contributed by atoms with E-state index in [1.165, 1.54) is 5.56 Å². The van der Waals surface area contributed by atoms with Gasteiger partial charge in [0.15, 0.2) is 0 Å². The van der Waals surface area contributed by atoms with Crippen molar-refractivity contribution in [1.29, 1.82) is 0 Å². The number of rotatable bonds is 6. The Bertz CT molecular complexity index is 1840. The molecule has 43 heavy (non-hydrogen) atoms. The van der Waals surface area contributed by atoms with Crippen molar-refractivity contribution < 1.29 is 9.90 Å². The largest absolute Gasteiger partial charge is 0.386 e. The van der Waals surface area contributed by atoms with Crippen LogP contribution in [0.5, 0.6) is 0 Å². The van der Waals surface area contributed by atoms with Gasteiger partial charge in [-0.2, -0.15) is 0 Å². The molecular weight excluding hydrogens is 530 g/mol. The number of aliphatic hydroxyl groups is 1. The maximum Gasteiger partial charge on any atom is 0.237 e. The molecule has 1 aliphatic heterocycles. The van der Waals surface area contributed by atoms with Crippen LogP contribution in [0.15, 0.2) is 116 Å². The predicted molar refractivity (Wildman–Crippen MR) is 170 cm³/mol. The Balaban J connectivity index is 1.37. The SMILES string of the molecule is Cc1ccc2c(c1)c(C)c1n2C(=O)C(C(O)c2ncn(C(c3ccccc3)(c3ccccc3)c3ccccc3)c2C)CC1. The Morgan fingerprint density at radius 1 is 0.814 bits per heavy atom. The normalized spacial score (nSPS) is 15.9. The Morgan fingerprint density at radius 2 is 1.37 bits per heavy atom. The monoisotopic (exact) mass is 565 g/mol. The molecule has 0 spiro atoms. The van der Waals surface area contributed by atoms with Crippen LogP contribution < -0.4 is 0 Å². The van der Waals surface area contributed by atoms with Crippen LogP contribution in [0.25, 0.3) is 10.9 Å². The molecule has 0 amide bonds. The first-order valence-corrected chi connectivity index (χ1v) is 15.0. The van der Waals surface area contributed by atoms with Crippen molar-refractivity contribution in [2.24, 2.45) is 5.92 Å². The molecule has 0 saturated heterocycles. The van der Waals surface area contributed by atoms with Crippen molar-refractivity contribution in [3.63, 3.8) is 0 Å². The highest BCUT2D eigenvalue weighted by Gasteiger charge is 2.42. The van der Waals surface area contributed by atoms with Gasteiger partial charge in [0.05, 0.1) is 23.5 Å².